The molecule has 1 amide bonds. The Balaban J connectivity index is 1.35. The summed E-state index contributed by atoms with van der Waals surface area (Å²) in [7, 11) is 0. The van der Waals surface area contributed by atoms with Crippen molar-refractivity contribution in [2.24, 2.45) is 29.5 Å². The van der Waals surface area contributed by atoms with Gasteiger partial charge in [0.15, 0.2) is 0 Å². The standard InChI is InChI=1S/C20H38N2O/c1-2-3-7-10-16-13-18(16)15-19-14-17(19)11-8-5-4-6-9-12-20(23)22-21/h16-19H,2-15,21H2,1H3,(H,22,23)/t16-,17+,18-,19+/m0/s1. The molecule has 0 aromatic heterocycles. The Kier molecular flexibility index (Phi) is 8.43. The molecule has 0 unspecified atom stereocenters. The van der Waals surface area contributed by atoms with E-state index in [0.717, 1.165) is 30.1 Å². The highest BCUT2D eigenvalue weighted by atomic mass is 16.2. The van der Waals surface area contributed by atoms with Gasteiger partial charge in [-0.1, -0.05) is 64.7 Å². The molecule has 0 radical (unpaired) electrons. The molecule has 0 spiro atoms. The van der Waals surface area contributed by atoms with E-state index >= 15 is 0 Å². The van der Waals surface area contributed by atoms with Crippen LogP contribution in [0.2, 0.25) is 0 Å². The van der Waals surface area contributed by atoms with Gasteiger partial charge in [0.1, 0.15) is 0 Å². The Morgan fingerprint density at radius 1 is 0.870 bits per heavy atom. The zero-order chi connectivity index (χ0) is 16.5. The fraction of sp³-hybridized carbons (Fsp3) is 0.950. The predicted molar refractivity (Wildman–Crippen MR) is 96.6 cm³/mol. The Bertz CT molecular complexity index is 345. The first-order valence-corrected chi connectivity index (χ1v) is 10.2. The molecule has 3 nitrogen and oxygen atoms in total. The summed E-state index contributed by atoms with van der Waals surface area (Å²) in [5, 5.41) is 0. The minimum absolute atomic E-state index is 0.0288. The van der Waals surface area contributed by atoms with E-state index in [-0.39, 0.29) is 5.91 Å². The molecule has 2 saturated carbocycles. The predicted octanol–water partition coefficient (Wildman–Crippen LogP) is 4.95. The van der Waals surface area contributed by atoms with Crippen LogP contribution in [0.1, 0.15) is 96.8 Å². The van der Waals surface area contributed by atoms with Gasteiger partial charge < -0.3 is 0 Å². The third-order valence-electron chi connectivity index (χ3n) is 6.06. The lowest BCUT2D eigenvalue weighted by molar-refractivity contribution is -0.121. The van der Waals surface area contributed by atoms with Crippen LogP contribution in [0.3, 0.4) is 0 Å². The summed E-state index contributed by atoms with van der Waals surface area (Å²) < 4.78 is 0. The van der Waals surface area contributed by atoms with E-state index in [1.54, 1.807) is 12.8 Å². The highest BCUT2D eigenvalue weighted by molar-refractivity contribution is 5.74. The van der Waals surface area contributed by atoms with E-state index in [4.69, 9.17) is 5.84 Å². The summed E-state index contributed by atoms with van der Waals surface area (Å²) in [5.41, 5.74) is 2.19. The summed E-state index contributed by atoms with van der Waals surface area (Å²) in [6.45, 7) is 2.30. The van der Waals surface area contributed by atoms with Crippen LogP contribution in [0.4, 0.5) is 0 Å². The van der Waals surface area contributed by atoms with Gasteiger partial charge >= 0.3 is 0 Å². The van der Waals surface area contributed by atoms with Crippen molar-refractivity contribution >= 4 is 5.91 Å². The van der Waals surface area contributed by atoms with Crippen LogP contribution in [-0.4, -0.2) is 5.91 Å². The molecule has 2 aliphatic rings. The van der Waals surface area contributed by atoms with Gasteiger partial charge in [0.2, 0.25) is 5.91 Å². The van der Waals surface area contributed by atoms with Gasteiger partial charge in [-0.25, -0.2) is 5.84 Å². The number of carbonyl (C=O) groups is 1. The van der Waals surface area contributed by atoms with E-state index in [1.807, 2.05) is 0 Å². The fourth-order valence-corrected chi connectivity index (χ4v) is 4.25. The highest BCUT2D eigenvalue weighted by Gasteiger charge is 2.44. The van der Waals surface area contributed by atoms with Crippen LogP contribution in [0.25, 0.3) is 0 Å². The molecule has 0 aromatic carbocycles. The van der Waals surface area contributed by atoms with Gasteiger partial charge in [-0.3, -0.25) is 10.2 Å². The summed E-state index contributed by atoms with van der Waals surface area (Å²) in [5.74, 6) is 9.40. The van der Waals surface area contributed by atoms with Crippen LogP contribution in [-0.2, 0) is 4.79 Å². The summed E-state index contributed by atoms with van der Waals surface area (Å²) >= 11 is 0. The van der Waals surface area contributed by atoms with Crippen molar-refractivity contribution in [1.82, 2.24) is 5.43 Å². The van der Waals surface area contributed by atoms with Gasteiger partial charge in [0.05, 0.1) is 0 Å². The first kappa shape index (κ1) is 18.8. The largest absolute Gasteiger partial charge is 0.294 e. The van der Waals surface area contributed by atoms with Crippen molar-refractivity contribution in [3.63, 3.8) is 0 Å². The number of nitrogens with two attached hydrogens (primary N) is 1. The van der Waals surface area contributed by atoms with Crippen molar-refractivity contribution in [3.05, 3.63) is 0 Å². The van der Waals surface area contributed by atoms with E-state index in [9.17, 15) is 4.79 Å². The molecular formula is C20H38N2O. The van der Waals surface area contributed by atoms with Gasteiger partial charge in [-0.15, -0.1) is 0 Å². The fourth-order valence-electron chi connectivity index (χ4n) is 4.25. The highest BCUT2D eigenvalue weighted by Crippen LogP contribution is 2.54. The third-order valence-corrected chi connectivity index (χ3v) is 6.06. The van der Waals surface area contributed by atoms with Crippen LogP contribution in [0.15, 0.2) is 0 Å². The zero-order valence-electron chi connectivity index (χ0n) is 15.2. The van der Waals surface area contributed by atoms with E-state index in [1.165, 1.54) is 64.2 Å². The lowest BCUT2D eigenvalue weighted by atomic mass is 10.0. The van der Waals surface area contributed by atoms with Crippen LogP contribution in [0.5, 0.6) is 0 Å². The van der Waals surface area contributed by atoms with Crippen LogP contribution in [0, 0.1) is 23.7 Å². The maximum absolute atomic E-state index is 11.0. The van der Waals surface area contributed by atoms with E-state index < -0.39 is 0 Å². The molecule has 4 atom stereocenters. The number of hydrazine groups is 1. The molecule has 0 heterocycles. The molecule has 0 aromatic rings. The number of nitrogens with one attached hydrogen (secondary N) is 1. The topological polar surface area (TPSA) is 55.1 Å². The van der Waals surface area contributed by atoms with E-state index in [2.05, 4.69) is 12.3 Å². The summed E-state index contributed by atoms with van der Waals surface area (Å²) in [6.07, 6.45) is 18.6. The number of hydrogen-bond acceptors (Lipinski definition) is 2. The molecule has 23 heavy (non-hydrogen) atoms. The molecule has 2 rings (SSSR count). The number of carbonyl (C=O) groups excluding carboxylic acids is 1. The normalized spacial score (nSPS) is 28.6. The minimum Gasteiger partial charge on any atom is -0.294 e. The van der Waals surface area contributed by atoms with Crippen LogP contribution < -0.4 is 11.3 Å². The van der Waals surface area contributed by atoms with Crippen molar-refractivity contribution < 1.29 is 4.79 Å². The molecule has 2 aliphatic carbocycles. The lowest BCUT2D eigenvalue weighted by Gasteiger charge is -2.03. The Morgan fingerprint density at radius 3 is 2.04 bits per heavy atom. The molecule has 134 valence electrons. The van der Waals surface area contributed by atoms with Gasteiger partial charge in [-0.2, -0.15) is 0 Å². The maximum atomic E-state index is 11.0. The van der Waals surface area contributed by atoms with Crippen molar-refractivity contribution in [2.75, 3.05) is 0 Å². The number of rotatable bonds is 14. The third kappa shape index (κ3) is 7.69. The number of hydrogen-bond donors (Lipinski definition) is 2. The first-order chi connectivity index (χ1) is 11.2. The number of unbranched alkanes of at least 4 members (excludes halogenated alkanes) is 6. The average Bonchev–Trinajstić information content (AvgIpc) is 3.46. The minimum atomic E-state index is -0.0288. The van der Waals surface area contributed by atoms with Crippen LogP contribution >= 0.6 is 0 Å². The second-order valence-electron chi connectivity index (χ2n) is 8.12. The van der Waals surface area contributed by atoms with Crippen molar-refractivity contribution in [3.8, 4) is 0 Å². The molecule has 3 N–H and O–H groups in total. The molecule has 2 fully saturated rings. The molecule has 0 saturated heterocycles. The molecule has 0 aliphatic heterocycles. The Hall–Kier alpha value is -0.570. The average molecular weight is 323 g/mol. The van der Waals surface area contributed by atoms with Gasteiger partial charge in [-0.05, 0) is 49.4 Å². The SMILES string of the molecule is CCCCC[C@H]1C[C@H]1C[C@H]1C[C@H]1CCCCCCCC(=O)NN. The zero-order valence-corrected chi connectivity index (χ0v) is 15.2. The summed E-state index contributed by atoms with van der Waals surface area (Å²) in [4.78, 5) is 11.0. The smallest absolute Gasteiger partial charge is 0.233 e. The second kappa shape index (κ2) is 10.3. The second-order valence-corrected chi connectivity index (χ2v) is 8.12. The summed E-state index contributed by atoms with van der Waals surface area (Å²) in [6, 6.07) is 0. The number of amides is 1. The van der Waals surface area contributed by atoms with Crippen molar-refractivity contribution in [2.45, 2.75) is 96.8 Å². The van der Waals surface area contributed by atoms with Crippen molar-refractivity contribution in [1.29, 1.82) is 0 Å². The lowest BCUT2D eigenvalue weighted by Crippen LogP contribution is -2.29. The Labute approximate surface area is 143 Å². The van der Waals surface area contributed by atoms with Gasteiger partial charge in [0.25, 0.3) is 0 Å². The first-order valence-electron chi connectivity index (χ1n) is 10.2. The van der Waals surface area contributed by atoms with E-state index in [0.29, 0.717) is 6.42 Å². The maximum Gasteiger partial charge on any atom is 0.233 e. The molecular weight excluding hydrogens is 284 g/mol. The monoisotopic (exact) mass is 322 g/mol. The molecule has 3 heteroatoms. The Morgan fingerprint density at radius 2 is 1.43 bits per heavy atom. The quantitative estimate of drug-likeness (QED) is 0.206. The molecule has 0 bridgehead atoms. The van der Waals surface area contributed by atoms with Gasteiger partial charge in [0, 0.05) is 6.42 Å².